The minimum absolute atomic E-state index is 0.0453. The first-order valence-electron chi connectivity index (χ1n) is 15.1. The molecule has 0 saturated carbocycles. The number of benzene rings is 4. The Morgan fingerprint density at radius 3 is 2.38 bits per heavy atom. The topological polar surface area (TPSA) is 77.5 Å². The number of anilines is 2. The van der Waals surface area contributed by atoms with Gasteiger partial charge in [0.05, 0.1) is 17.9 Å². The van der Waals surface area contributed by atoms with Crippen LogP contribution in [-0.2, 0) is 16.2 Å². The third-order valence-corrected chi connectivity index (χ3v) is 8.57. The zero-order valence-electron chi connectivity index (χ0n) is 25.4. The third-order valence-electron chi connectivity index (χ3n) is 8.33. The summed E-state index contributed by atoms with van der Waals surface area (Å²) in [7, 11) is 3.90. The van der Waals surface area contributed by atoms with Gasteiger partial charge in [0.1, 0.15) is 18.3 Å². The number of nitrogens with zero attached hydrogens (tertiary/aromatic N) is 4. The first-order valence-corrected chi connectivity index (χ1v) is 15.5. The predicted octanol–water partition coefficient (Wildman–Crippen LogP) is 5.99. The Kier molecular flexibility index (Phi) is 9.26. The third kappa shape index (κ3) is 7.26. The van der Waals surface area contributed by atoms with Gasteiger partial charge in [0.25, 0.3) is 0 Å². The molecular formula is C36H36ClN5O3. The number of aliphatic imine (C=N–C) groups is 1. The molecule has 1 unspecified atom stereocenters. The quantitative estimate of drug-likeness (QED) is 0.233. The molecule has 8 nitrogen and oxygen atoms in total. The number of fused-ring (bicyclic) bond motifs is 1. The van der Waals surface area contributed by atoms with Crippen molar-refractivity contribution in [1.29, 1.82) is 0 Å². The number of halogens is 1. The molecule has 2 aliphatic heterocycles. The van der Waals surface area contributed by atoms with E-state index < -0.39 is 5.92 Å². The van der Waals surface area contributed by atoms with Gasteiger partial charge in [0.15, 0.2) is 0 Å². The van der Waals surface area contributed by atoms with Gasteiger partial charge in [-0.3, -0.25) is 19.5 Å². The monoisotopic (exact) mass is 621 g/mol. The largest absolute Gasteiger partial charge is 0.489 e. The summed E-state index contributed by atoms with van der Waals surface area (Å²) < 4.78 is 6.00. The molecule has 1 N–H and O–H groups in total. The molecule has 1 fully saturated rings. The van der Waals surface area contributed by atoms with Gasteiger partial charge in [0.2, 0.25) is 11.8 Å². The van der Waals surface area contributed by atoms with Gasteiger partial charge in [0, 0.05) is 49.6 Å². The summed E-state index contributed by atoms with van der Waals surface area (Å²) in [6.45, 7) is 4.55. The van der Waals surface area contributed by atoms with Crippen molar-refractivity contribution in [2.45, 2.75) is 12.5 Å². The summed E-state index contributed by atoms with van der Waals surface area (Å²) >= 11 is 6.23. The Morgan fingerprint density at radius 2 is 1.67 bits per heavy atom. The lowest BCUT2D eigenvalue weighted by Crippen LogP contribution is -2.48. The van der Waals surface area contributed by atoms with Gasteiger partial charge in [-0.25, -0.2) is 0 Å². The normalized spacial score (nSPS) is 17.1. The number of hydrogen-bond donors (Lipinski definition) is 1. The number of rotatable bonds is 9. The molecule has 1 saturated heterocycles. The van der Waals surface area contributed by atoms with Crippen LogP contribution in [0.4, 0.5) is 17.1 Å². The molecule has 4 aromatic rings. The van der Waals surface area contributed by atoms with Crippen molar-refractivity contribution in [3.63, 3.8) is 0 Å². The second-order valence-corrected chi connectivity index (χ2v) is 11.9. The van der Waals surface area contributed by atoms with Gasteiger partial charge in [-0.05, 0) is 84.4 Å². The highest BCUT2D eigenvalue weighted by Crippen LogP contribution is 2.38. The van der Waals surface area contributed by atoms with E-state index in [4.69, 9.17) is 21.3 Å². The lowest BCUT2D eigenvalue weighted by atomic mass is 9.90. The van der Waals surface area contributed by atoms with Crippen LogP contribution in [0.25, 0.3) is 0 Å². The molecule has 0 aromatic heterocycles. The number of likely N-dealkylation sites (N-methyl/N-ethyl adjacent to an activating group) is 2. The number of nitrogens with one attached hydrogen (secondary N) is 1. The molecule has 2 heterocycles. The fourth-order valence-electron chi connectivity index (χ4n) is 5.60. The van der Waals surface area contributed by atoms with Crippen LogP contribution in [0.3, 0.4) is 0 Å². The zero-order chi connectivity index (χ0) is 31.3. The molecule has 0 bridgehead atoms. The zero-order valence-corrected chi connectivity index (χ0v) is 26.2. The summed E-state index contributed by atoms with van der Waals surface area (Å²) in [6.07, 6.45) is 0. The van der Waals surface area contributed by atoms with Crippen molar-refractivity contribution in [1.82, 2.24) is 9.80 Å². The molecule has 4 aromatic carbocycles. The first-order chi connectivity index (χ1) is 21.8. The molecular weight excluding hydrogens is 586 g/mol. The van der Waals surface area contributed by atoms with Crippen LogP contribution < -0.4 is 15.0 Å². The average molecular weight is 622 g/mol. The molecule has 230 valence electrons. The Labute approximate surface area is 268 Å². The summed E-state index contributed by atoms with van der Waals surface area (Å²) in [5, 5.41) is 3.52. The SMILES string of the molecule is CN1CCN(CC(=O)N(C)c2ccc(N=C(c3ccc(OCc4ccccc4)cc3)C3C(=O)Nc4cc(Cl)ccc43)cc2)CC1. The Bertz CT molecular complexity index is 1680. The maximum atomic E-state index is 13.4. The molecule has 0 aliphatic carbocycles. The van der Waals surface area contributed by atoms with E-state index in [1.54, 1.807) is 24.1 Å². The van der Waals surface area contributed by atoms with E-state index in [-0.39, 0.29) is 11.8 Å². The van der Waals surface area contributed by atoms with Crippen LogP contribution >= 0.6 is 11.6 Å². The Hall–Kier alpha value is -4.50. The number of ether oxygens (including phenoxy) is 1. The van der Waals surface area contributed by atoms with Gasteiger partial charge in [-0.15, -0.1) is 0 Å². The highest BCUT2D eigenvalue weighted by molar-refractivity contribution is 6.31. The van der Waals surface area contributed by atoms with Crippen molar-refractivity contribution >= 4 is 46.2 Å². The van der Waals surface area contributed by atoms with E-state index in [1.807, 2.05) is 84.9 Å². The van der Waals surface area contributed by atoms with Gasteiger partial charge in [-0.2, -0.15) is 0 Å². The van der Waals surface area contributed by atoms with Crippen LogP contribution in [0.15, 0.2) is 102 Å². The predicted molar refractivity (Wildman–Crippen MR) is 180 cm³/mol. The molecule has 0 radical (unpaired) electrons. The van der Waals surface area contributed by atoms with E-state index >= 15 is 0 Å². The maximum absolute atomic E-state index is 13.4. The van der Waals surface area contributed by atoms with Gasteiger partial charge in [-0.1, -0.05) is 48.0 Å². The molecule has 2 aliphatic rings. The fourth-order valence-corrected chi connectivity index (χ4v) is 5.77. The Morgan fingerprint density at radius 1 is 0.956 bits per heavy atom. The lowest BCUT2D eigenvalue weighted by Gasteiger charge is -2.32. The first kappa shape index (κ1) is 30.5. The van der Waals surface area contributed by atoms with E-state index in [1.165, 1.54) is 0 Å². The fraction of sp³-hybridized carbons (Fsp3) is 0.250. The van der Waals surface area contributed by atoms with E-state index in [0.717, 1.165) is 54.3 Å². The molecule has 2 amide bonds. The summed E-state index contributed by atoms with van der Waals surface area (Å²) in [5.74, 6) is -0.0234. The number of carbonyl (C=O) groups is 2. The van der Waals surface area contributed by atoms with Crippen molar-refractivity contribution in [2.75, 3.05) is 57.0 Å². The summed E-state index contributed by atoms with van der Waals surface area (Å²) in [6, 6.07) is 30.6. The smallest absolute Gasteiger partial charge is 0.240 e. The number of hydrogen-bond acceptors (Lipinski definition) is 6. The molecule has 1 atom stereocenters. The maximum Gasteiger partial charge on any atom is 0.240 e. The highest BCUT2D eigenvalue weighted by Gasteiger charge is 2.35. The van der Waals surface area contributed by atoms with Crippen molar-refractivity contribution in [3.8, 4) is 5.75 Å². The Balaban J connectivity index is 1.25. The van der Waals surface area contributed by atoms with E-state index in [9.17, 15) is 9.59 Å². The molecule has 9 heteroatoms. The van der Waals surface area contributed by atoms with Crippen LogP contribution in [0, 0.1) is 0 Å². The van der Waals surface area contributed by atoms with Crippen molar-refractivity contribution in [2.24, 2.45) is 4.99 Å². The molecule has 0 spiro atoms. The molecule has 45 heavy (non-hydrogen) atoms. The van der Waals surface area contributed by atoms with E-state index in [0.29, 0.717) is 35.3 Å². The summed E-state index contributed by atoms with van der Waals surface area (Å²) in [4.78, 5) is 37.6. The van der Waals surface area contributed by atoms with Crippen LogP contribution in [0.5, 0.6) is 5.75 Å². The van der Waals surface area contributed by atoms with Crippen LogP contribution in [0.2, 0.25) is 5.02 Å². The van der Waals surface area contributed by atoms with Crippen molar-refractivity contribution < 1.29 is 14.3 Å². The van der Waals surface area contributed by atoms with Gasteiger partial charge < -0.3 is 19.9 Å². The minimum atomic E-state index is -0.624. The second-order valence-electron chi connectivity index (χ2n) is 11.5. The molecule has 6 rings (SSSR count). The van der Waals surface area contributed by atoms with Gasteiger partial charge >= 0.3 is 0 Å². The number of piperazine rings is 1. The minimum Gasteiger partial charge on any atom is -0.489 e. The number of amides is 2. The van der Waals surface area contributed by atoms with Crippen LogP contribution in [0.1, 0.15) is 22.6 Å². The summed E-state index contributed by atoms with van der Waals surface area (Å²) in [5.41, 5.74) is 5.45. The second kappa shape index (κ2) is 13.6. The van der Waals surface area contributed by atoms with Crippen LogP contribution in [-0.4, -0.2) is 74.1 Å². The number of carbonyl (C=O) groups excluding carboxylic acids is 2. The highest BCUT2D eigenvalue weighted by atomic mass is 35.5. The van der Waals surface area contributed by atoms with Crippen molar-refractivity contribution in [3.05, 3.63) is 119 Å². The average Bonchev–Trinajstić information content (AvgIpc) is 3.38. The lowest BCUT2D eigenvalue weighted by molar-refractivity contribution is -0.120. The standard InChI is InChI=1S/C36H36ClN5O3/c1-40-18-20-42(21-19-40)23-33(43)41(2)29-13-11-28(12-14-29)38-35(34-31-17-10-27(37)22-32(31)39-36(34)44)26-8-15-30(16-9-26)45-24-25-6-4-3-5-7-25/h3-17,22,34H,18-21,23-24H2,1-2H3,(H,39,44). The van der Waals surface area contributed by atoms with E-state index in [2.05, 4.69) is 22.2 Å².